The van der Waals surface area contributed by atoms with Crippen molar-refractivity contribution in [1.82, 2.24) is 4.57 Å². The van der Waals surface area contributed by atoms with Gasteiger partial charge in [-0.25, -0.2) is 9.13 Å². The van der Waals surface area contributed by atoms with Gasteiger partial charge in [0.25, 0.3) is 5.82 Å². The molecular formula is C26H25N3O2. The number of hydrogen-bond donors (Lipinski definition) is 0. The molecule has 0 N–H and O–H groups in total. The number of aliphatic imine (C=N–C) groups is 1. The number of rotatable bonds is 6. The van der Waals surface area contributed by atoms with Crippen LogP contribution in [0.25, 0.3) is 0 Å². The lowest BCUT2D eigenvalue weighted by atomic mass is 9.83. The van der Waals surface area contributed by atoms with E-state index in [0.717, 1.165) is 17.0 Å². The van der Waals surface area contributed by atoms with Crippen LogP contribution in [-0.2, 0) is 19.7 Å². The molecule has 4 aromatic rings. The second-order valence-corrected chi connectivity index (χ2v) is 7.42. The zero-order chi connectivity index (χ0) is 21.8. The van der Waals surface area contributed by atoms with Gasteiger partial charge in [0.05, 0.1) is 38.2 Å². The van der Waals surface area contributed by atoms with Gasteiger partial charge in [-0.05, 0) is 47.5 Å². The summed E-state index contributed by atoms with van der Waals surface area (Å²) < 4.78 is 9.05. The molecular weight excluding hydrogens is 386 g/mol. The number of methoxy groups -OCH3 is 1. The highest BCUT2D eigenvalue weighted by atomic mass is 16.5. The number of hydrogen-bond acceptors (Lipinski definition) is 3. The topological polar surface area (TPSA) is 53.5 Å². The molecule has 31 heavy (non-hydrogen) atoms. The maximum absolute atomic E-state index is 15.1. The molecule has 5 heteroatoms. The average molecular weight is 412 g/mol. The van der Waals surface area contributed by atoms with Crippen molar-refractivity contribution < 1.29 is 14.4 Å². The van der Waals surface area contributed by atoms with Gasteiger partial charge < -0.3 is 9.84 Å². The first-order valence-corrected chi connectivity index (χ1v) is 10.1. The van der Waals surface area contributed by atoms with Crippen molar-refractivity contribution in [2.24, 2.45) is 19.1 Å². The fraction of sp³-hybridized carbons (Fsp3) is 0.154. The van der Waals surface area contributed by atoms with Crippen LogP contribution >= 0.6 is 0 Å². The van der Waals surface area contributed by atoms with Gasteiger partial charge in [-0.15, -0.1) is 0 Å². The van der Waals surface area contributed by atoms with Gasteiger partial charge in [0.2, 0.25) is 0 Å². The molecule has 0 amide bonds. The molecule has 5 nitrogen and oxygen atoms in total. The molecule has 1 heterocycles. The average Bonchev–Trinajstić information content (AvgIpc) is 3.16. The van der Waals surface area contributed by atoms with Crippen LogP contribution in [0.15, 0.2) is 102 Å². The molecule has 1 atom stereocenters. The van der Waals surface area contributed by atoms with Gasteiger partial charge in [0, 0.05) is 0 Å². The third-order valence-corrected chi connectivity index (χ3v) is 5.37. The highest BCUT2D eigenvalue weighted by Gasteiger charge is 2.38. The van der Waals surface area contributed by atoms with E-state index in [2.05, 4.69) is 0 Å². The fourth-order valence-corrected chi connectivity index (χ4v) is 3.86. The van der Waals surface area contributed by atoms with Gasteiger partial charge in [0.1, 0.15) is 18.1 Å². The summed E-state index contributed by atoms with van der Waals surface area (Å²) in [7, 11) is 5.40. The predicted octanol–water partition coefficient (Wildman–Crippen LogP) is 3.28. The Morgan fingerprint density at radius 3 is 2.10 bits per heavy atom. The highest BCUT2D eigenvalue weighted by Crippen LogP contribution is 2.32. The summed E-state index contributed by atoms with van der Waals surface area (Å²) in [5.74, 6) is 1.31. The third-order valence-electron chi connectivity index (χ3n) is 5.37. The fourth-order valence-electron chi connectivity index (χ4n) is 3.86. The van der Waals surface area contributed by atoms with Crippen molar-refractivity contribution >= 4 is 11.4 Å². The number of ether oxygens (including phenoxy) is 1. The molecule has 1 aromatic heterocycles. The summed E-state index contributed by atoms with van der Waals surface area (Å²) in [6.45, 7) is 0. The first-order valence-electron chi connectivity index (χ1n) is 10.1. The van der Waals surface area contributed by atoms with Crippen molar-refractivity contribution in [3.05, 3.63) is 114 Å². The Balaban J connectivity index is 2.04. The van der Waals surface area contributed by atoms with Gasteiger partial charge in [-0.2, -0.15) is 0 Å². The zero-order valence-electron chi connectivity index (χ0n) is 17.9. The smallest absolute Gasteiger partial charge is 0.256 e. The quantitative estimate of drug-likeness (QED) is 0.361. The van der Waals surface area contributed by atoms with Crippen LogP contribution in [0.5, 0.6) is 5.75 Å². The van der Waals surface area contributed by atoms with Crippen LogP contribution in [0, 0.1) is 0 Å². The van der Waals surface area contributed by atoms with Crippen LogP contribution < -0.4 is 14.4 Å². The van der Waals surface area contributed by atoms with E-state index in [9.17, 15) is 0 Å². The molecule has 0 aliphatic rings. The normalized spacial score (nSPS) is 13.6. The van der Waals surface area contributed by atoms with E-state index in [4.69, 9.17) is 9.73 Å². The molecule has 0 saturated carbocycles. The summed E-state index contributed by atoms with van der Waals surface area (Å²) in [4.78, 5) is 4.91. The molecule has 0 bridgehead atoms. The van der Waals surface area contributed by atoms with E-state index in [-0.39, 0.29) is 0 Å². The molecule has 0 aliphatic carbocycles. The Morgan fingerprint density at radius 1 is 0.935 bits per heavy atom. The standard InChI is InChI=1S/C26H25N3O2/c1-28-18-19-29(2)25(28)26(30,21-10-6-4-7-11-21)24(27-22-12-8-5-9-13-22)20-14-16-23(31-3)17-15-20/h4-19H,1-3H3. The van der Waals surface area contributed by atoms with Gasteiger partial charge in [0.15, 0.2) is 0 Å². The van der Waals surface area contributed by atoms with Crippen molar-refractivity contribution in [3.63, 3.8) is 0 Å². The lowest BCUT2D eigenvalue weighted by molar-refractivity contribution is -0.696. The molecule has 0 saturated heterocycles. The van der Waals surface area contributed by atoms with E-state index in [1.54, 1.807) is 7.11 Å². The number of aryl methyl sites for hydroxylation is 2. The minimum Gasteiger partial charge on any atom is -0.832 e. The first-order chi connectivity index (χ1) is 15.0. The Morgan fingerprint density at radius 2 is 1.55 bits per heavy atom. The van der Waals surface area contributed by atoms with Gasteiger partial charge in [-0.3, -0.25) is 4.99 Å². The zero-order valence-corrected chi connectivity index (χ0v) is 17.9. The second-order valence-electron chi connectivity index (χ2n) is 7.42. The minimum absolute atomic E-state index is 0.421. The molecule has 156 valence electrons. The lowest BCUT2D eigenvalue weighted by Crippen LogP contribution is -2.57. The number of benzene rings is 3. The molecule has 0 radical (unpaired) electrons. The monoisotopic (exact) mass is 411 g/mol. The van der Waals surface area contributed by atoms with E-state index in [1.807, 2.05) is 121 Å². The Hall–Kier alpha value is -3.70. The minimum atomic E-state index is -1.75. The van der Waals surface area contributed by atoms with E-state index in [0.29, 0.717) is 17.1 Å². The SMILES string of the molecule is COc1ccc(C(=Nc2ccccc2)C([O-])(c2ccccc2)c2n(C)cc[n+]2C)cc1. The van der Waals surface area contributed by atoms with E-state index < -0.39 is 5.60 Å². The summed E-state index contributed by atoms with van der Waals surface area (Å²) in [6, 6.07) is 26.5. The van der Waals surface area contributed by atoms with Gasteiger partial charge >= 0.3 is 0 Å². The molecule has 4 rings (SSSR count). The van der Waals surface area contributed by atoms with Gasteiger partial charge in [-0.1, -0.05) is 48.5 Å². The summed E-state index contributed by atoms with van der Waals surface area (Å²) in [5, 5.41) is 15.1. The molecule has 0 fully saturated rings. The van der Waals surface area contributed by atoms with Crippen molar-refractivity contribution in [2.75, 3.05) is 7.11 Å². The number of aromatic nitrogens is 2. The van der Waals surface area contributed by atoms with Crippen LogP contribution in [0.1, 0.15) is 17.0 Å². The summed E-state index contributed by atoms with van der Waals surface area (Å²) in [6.07, 6.45) is 3.78. The summed E-state index contributed by atoms with van der Waals surface area (Å²) >= 11 is 0. The van der Waals surface area contributed by atoms with Crippen molar-refractivity contribution in [1.29, 1.82) is 0 Å². The maximum Gasteiger partial charge on any atom is 0.256 e. The Labute approximate surface area is 182 Å². The Bertz CT molecular complexity index is 1160. The first kappa shape index (κ1) is 20.6. The van der Waals surface area contributed by atoms with E-state index >= 15 is 5.11 Å². The summed E-state index contributed by atoms with van der Waals surface area (Å²) in [5.41, 5.74) is 0.757. The third kappa shape index (κ3) is 3.88. The van der Waals surface area contributed by atoms with Crippen molar-refractivity contribution in [2.45, 2.75) is 5.60 Å². The van der Waals surface area contributed by atoms with Crippen LogP contribution in [0.4, 0.5) is 5.69 Å². The molecule has 0 aliphatic heterocycles. The van der Waals surface area contributed by atoms with Crippen molar-refractivity contribution in [3.8, 4) is 5.75 Å². The van der Waals surface area contributed by atoms with Crippen LogP contribution in [0.3, 0.4) is 0 Å². The van der Waals surface area contributed by atoms with Crippen LogP contribution in [0.2, 0.25) is 0 Å². The Kier molecular flexibility index (Phi) is 5.69. The molecule has 3 aromatic carbocycles. The second kappa shape index (κ2) is 8.58. The van der Waals surface area contributed by atoms with Crippen LogP contribution in [-0.4, -0.2) is 17.4 Å². The predicted molar refractivity (Wildman–Crippen MR) is 119 cm³/mol. The number of imidazole rings is 1. The largest absolute Gasteiger partial charge is 0.832 e. The lowest BCUT2D eigenvalue weighted by Gasteiger charge is -2.39. The molecule has 1 unspecified atom stereocenters. The number of para-hydroxylation sites is 1. The number of nitrogens with zero attached hydrogens (tertiary/aromatic N) is 3. The highest BCUT2D eigenvalue weighted by molar-refractivity contribution is 6.09. The van der Waals surface area contributed by atoms with E-state index in [1.165, 1.54) is 0 Å². The molecule has 0 spiro atoms. The maximum atomic E-state index is 15.1.